The largest absolute Gasteiger partial charge is 0.488 e. The van der Waals surface area contributed by atoms with Crippen LogP contribution in [0.3, 0.4) is 0 Å². The SMILES string of the molecule is OB(O)c1cccc(B(O)O)c1B(O)O. The Bertz CT molecular complexity index is 315. The third-order valence-corrected chi connectivity index (χ3v) is 1.99. The maximum absolute atomic E-state index is 8.99. The zero-order valence-electron chi connectivity index (χ0n) is 7.65. The molecule has 9 heteroatoms. The van der Waals surface area contributed by atoms with Crippen LogP contribution in [-0.2, 0) is 0 Å². The van der Waals surface area contributed by atoms with E-state index in [2.05, 4.69) is 0 Å². The van der Waals surface area contributed by atoms with Gasteiger partial charge in [-0.05, 0) is 16.4 Å². The molecule has 1 aromatic rings. The summed E-state index contributed by atoms with van der Waals surface area (Å²) in [6, 6.07) is 3.83. The van der Waals surface area contributed by atoms with Gasteiger partial charge in [-0.15, -0.1) is 0 Å². The summed E-state index contributed by atoms with van der Waals surface area (Å²) >= 11 is 0. The van der Waals surface area contributed by atoms with Crippen LogP contribution in [-0.4, -0.2) is 51.5 Å². The van der Waals surface area contributed by atoms with Gasteiger partial charge in [-0.3, -0.25) is 0 Å². The Morgan fingerprint density at radius 1 is 0.667 bits per heavy atom. The molecule has 78 valence electrons. The predicted octanol–water partition coefficient (Wildman–Crippen LogP) is -5.27. The van der Waals surface area contributed by atoms with Crippen molar-refractivity contribution in [2.75, 3.05) is 0 Å². The fraction of sp³-hybridized carbons (Fsp3) is 0. The fourth-order valence-corrected chi connectivity index (χ4v) is 1.35. The molecule has 0 spiro atoms. The molecule has 0 radical (unpaired) electrons. The molecule has 6 nitrogen and oxygen atoms in total. The van der Waals surface area contributed by atoms with Crippen LogP contribution < -0.4 is 16.4 Å². The fourth-order valence-electron chi connectivity index (χ4n) is 1.35. The lowest BCUT2D eigenvalue weighted by Crippen LogP contribution is -2.60. The lowest BCUT2D eigenvalue weighted by Gasteiger charge is -2.13. The minimum Gasteiger partial charge on any atom is -0.423 e. The van der Waals surface area contributed by atoms with Gasteiger partial charge in [0.05, 0.1) is 0 Å². The van der Waals surface area contributed by atoms with E-state index in [1.165, 1.54) is 18.2 Å². The van der Waals surface area contributed by atoms with Gasteiger partial charge in [0.2, 0.25) is 0 Å². The lowest BCUT2D eigenvalue weighted by atomic mass is 9.58. The summed E-state index contributed by atoms with van der Waals surface area (Å²) in [6.07, 6.45) is 0. The Hall–Kier alpha value is -0.825. The lowest BCUT2D eigenvalue weighted by molar-refractivity contribution is 0.416. The summed E-state index contributed by atoms with van der Waals surface area (Å²) in [5.74, 6) is 0. The molecule has 0 aromatic heterocycles. The van der Waals surface area contributed by atoms with Gasteiger partial charge in [-0.2, -0.15) is 0 Å². The van der Waals surface area contributed by atoms with Crippen molar-refractivity contribution in [3.63, 3.8) is 0 Å². The van der Waals surface area contributed by atoms with Crippen molar-refractivity contribution in [3.8, 4) is 0 Å². The molecule has 0 bridgehead atoms. The molecule has 0 aliphatic heterocycles. The van der Waals surface area contributed by atoms with E-state index in [9.17, 15) is 0 Å². The summed E-state index contributed by atoms with van der Waals surface area (Å²) in [4.78, 5) is 0. The highest BCUT2D eigenvalue weighted by atomic mass is 16.4. The summed E-state index contributed by atoms with van der Waals surface area (Å²) in [6.45, 7) is 0. The number of hydrogen-bond acceptors (Lipinski definition) is 6. The molecule has 6 N–H and O–H groups in total. The van der Waals surface area contributed by atoms with Crippen molar-refractivity contribution in [2.45, 2.75) is 0 Å². The van der Waals surface area contributed by atoms with E-state index in [0.29, 0.717) is 0 Å². The quantitative estimate of drug-likeness (QED) is 0.277. The average molecular weight is 210 g/mol. The van der Waals surface area contributed by atoms with Crippen LogP contribution in [0.4, 0.5) is 0 Å². The van der Waals surface area contributed by atoms with Crippen LogP contribution >= 0.6 is 0 Å². The molecule has 0 saturated heterocycles. The number of benzene rings is 1. The second-order valence-electron chi connectivity index (χ2n) is 2.97. The van der Waals surface area contributed by atoms with Gasteiger partial charge in [-0.1, -0.05) is 18.2 Å². The molecule has 0 fully saturated rings. The van der Waals surface area contributed by atoms with Gasteiger partial charge in [0.25, 0.3) is 0 Å². The van der Waals surface area contributed by atoms with E-state index in [1.807, 2.05) is 0 Å². The zero-order valence-corrected chi connectivity index (χ0v) is 7.65. The third-order valence-electron chi connectivity index (χ3n) is 1.99. The van der Waals surface area contributed by atoms with Crippen molar-refractivity contribution in [3.05, 3.63) is 18.2 Å². The smallest absolute Gasteiger partial charge is 0.423 e. The Labute approximate surface area is 86.9 Å². The van der Waals surface area contributed by atoms with Crippen LogP contribution in [0.15, 0.2) is 18.2 Å². The summed E-state index contributed by atoms with van der Waals surface area (Å²) in [5, 5.41) is 53.7. The summed E-state index contributed by atoms with van der Waals surface area (Å²) in [7, 11) is -5.85. The monoisotopic (exact) mass is 210 g/mol. The topological polar surface area (TPSA) is 121 Å². The highest BCUT2D eigenvalue weighted by Gasteiger charge is 2.29. The first-order chi connectivity index (χ1) is 6.95. The van der Waals surface area contributed by atoms with Crippen LogP contribution in [0.5, 0.6) is 0 Å². The molecular formula is C6H9B3O6. The van der Waals surface area contributed by atoms with Gasteiger partial charge in [-0.25, -0.2) is 0 Å². The van der Waals surface area contributed by atoms with Gasteiger partial charge >= 0.3 is 21.4 Å². The van der Waals surface area contributed by atoms with Crippen molar-refractivity contribution in [1.82, 2.24) is 0 Å². The van der Waals surface area contributed by atoms with Crippen LogP contribution in [0.2, 0.25) is 0 Å². The number of hydrogen-bond donors (Lipinski definition) is 6. The van der Waals surface area contributed by atoms with Crippen LogP contribution in [0, 0.1) is 0 Å². The highest BCUT2D eigenvalue weighted by Crippen LogP contribution is 1.84. The normalized spacial score (nSPS) is 10.0. The van der Waals surface area contributed by atoms with Crippen LogP contribution in [0.25, 0.3) is 0 Å². The first-order valence-electron chi connectivity index (χ1n) is 4.16. The Kier molecular flexibility index (Phi) is 3.92. The number of rotatable bonds is 3. The minimum absolute atomic E-state index is 0.185. The molecular weight excluding hydrogens is 200 g/mol. The molecule has 1 aromatic carbocycles. The second-order valence-corrected chi connectivity index (χ2v) is 2.97. The van der Waals surface area contributed by atoms with E-state index in [1.54, 1.807) is 0 Å². The second kappa shape index (κ2) is 4.80. The van der Waals surface area contributed by atoms with Crippen molar-refractivity contribution in [1.29, 1.82) is 0 Å². The van der Waals surface area contributed by atoms with Gasteiger partial charge in [0, 0.05) is 0 Å². The first kappa shape index (κ1) is 12.2. The van der Waals surface area contributed by atoms with E-state index in [-0.39, 0.29) is 16.4 Å². The van der Waals surface area contributed by atoms with E-state index in [4.69, 9.17) is 30.1 Å². The standard InChI is InChI=1S/C6H9B3O6/c10-7(11)4-2-1-3-5(8(12)13)6(4)9(14)15/h1-3,10-15H. The maximum atomic E-state index is 8.99. The van der Waals surface area contributed by atoms with Crippen LogP contribution in [0.1, 0.15) is 0 Å². The molecule has 0 aliphatic carbocycles. The third kappa shape index (κ3) is 2.60. The minimum atomic E-state index is -2.01. The van der Waals surface area contributed by atoms with Crippen molar-refractivity contribution < 1.29 is 30.1 Å². The Balaban J connectivity index is 3.35. The van der Waals surface area contributed by atoms with E-state index in [0.717, 1.165) is 0 Å². The Morgan fingerprint density at radius 3 is 1.33 bits per heavy atom. The van der Waals surface area contributed by atoms with E-state index >= 15 is 0 Å². The highest BCUT2D eigenvalue weighted by molar-refractivity contribution is 6.78. The molecule has 0 atom stereocenters. The van der Waals surface area contributed by atoms with Gasteiger partial charge in [0.1, 0.15) is 0 Å². The molecule has 0 heterocycles. The molecule has 0 amide bonds. The molecule has 0 aliphatic rings. The molecule has 15 heavy (non-hydrogen) atoms. The molecule has 1 rings (SSSR count). The maximum Gasteiger partial charge on any atom is 0.488 e. The van der Waals surface area contributed by atoms with Crippen molar-refractivity contribution >= 4 is 37.7 Å². The Morgan fingerprint density at radius 2 is 1.07 bits per heavy atom. The zero-order chi connectivity index (χ0) is 11.6. The summed E-state index contributed by atoms with van der Waals surface area (Å²) in [5.41, 5.74) is -0.686. The van der Waals surface area contributed by atoms with Gasteiger partial charge in [0.15, 0.2) is 0 Å². The molecule has 0 unspecified atom stereocenters. The van der Waals surface area contributed by atoms with E-state index < -0.39 is 21.4 Å². The first-order valence-corrected chi connectivity index (χ1v) is 4.16. The summed E-state index contributed by atoms with van der Waals surface area (Å²) < 4.78 is 0. The van der Waals surface area contributed by atoms with Gasteiger partial charge < -0.3 is 30.1 Å². The predicted molar refractivity (Wildman–Crippen MR) is 55.9 cm³/mol. The molecule has 0 saturated carbocycles. The average Bonchev–Trinajstić information content (AvgIpc) is 2.16. The van der Waals surface area contributed by atoms with Crippen molar-refractivity contribution in [2.24, 2.45) is 0 Å².